The van der Waals surface area contributed by atoms with Gasteiger partial charge < -0.3 is 0 Å². The second-order valence-electron chi connectivity index (χ2n) is 2.85. The van der Waals surface area contributed by atoms with Gasteiger partial charge >= 0.3 is 0 Å². The van der Waals surface area contributed by atoms with Crippen LogP contribution in [0, 0.1) is 0 Å². The summed E-state index contributed by atoms with van der Waals surface area (Å²) in [6.45, 7) is 0. The molecule has 6 heteroatoms. The molecule has 78 valence electrons. The maximum atomic E-state index is 5.90. The smallest absolute Gasteiger partial charge is 0.139 e. The summed E-state index contributed by atoms with van der Waals surface area (Å²) in [5, 5.41) is 12.2. The molecule has 0 amide bonds. The lowest BCUT2D eigenvalue weighted by atomic mass is 10.2. The summed E-state index contributed by atoms with van der Waals surface area (Å²) in [6, 6.07) is 5.60. The van der Waals surface area contributed by atoms with Gasteiger partial charge in [0.05, 0.1) is 16.2 Å². The van der Waals surface area contributed by atoms with Gasteiger partial charge in [0.1, 0.15) is 5.03 Å². The molecule has 0 atom stereocenters. The molecule has 0 saturated carbocycles. The average molecular weight is 260 g/mol. The Labute approximate surface area is 101 Å². The van der Waals surface area contributed by atoms with Crippen molar-refractivity contribution in [3.63, 3.8) is 0 Å². The molecule has 0 bridgehead atoms. The van der Waals surface area contributed by atoms with Crippen LogP contribution in [0.2, 0.25) is 10.0 Å². The van der Waals surface area contributed by atoms with E-state index in [-0.39, 0.29) is 0 Å². The number of benzene rings is 1. The van der Waals surface area contributed by atoms with Gasteiger partial charge in [-0.15, -0.1) is 5.10 Å². The highest BCUT2D eigenvalue weighted by Gasteiger charge is 2.01. The number of halogens is 2. The van der Waals surface area contributed by atoms with Crippen LogP contribution in [0.25, 0.3) is 0 Å². The number of rotatable bonds is 3. The third kappa shape index (κ3) is 2.87. The van der Waals surface area contributed by atoms with Crippen molar-refractivity contribution in [2.45, 2.75) is 10.8 Å². The molecule has 1 N–H and O–H groups in total. The highest BCUT2D eigenvalue weighted by Crippen LogP contribution is 2.26. The molecule has 1 aromatic heterocycles. The van der Waals surface area contributed by atoms with Crippen molar-refractivity contribution in [2.24, 2.45) is 0 Å². The van der Waals surface area contributed by atoms with Crippen LogP contribution in [0.15, 0.2) is 29.4 Å². The second kappa shape index (κ2) is 4.88. The van der Waals surface area contributed by atoms with Gasteiger partial charge in [-0.3, -0.25) is 0 Å². The van der Waals surface area contributed by atoms with Crippen molar-refractivity contribution in [3.8, 4) is 0 Å². The van der Waals surface area contributed by atoms with Crippen molar-refractivity contribution in [3.05, 3.63) is 40.0 Å². The summed E-state index contributed by atoms with van der Waals surface area (Å²) in [6.07, 6.45) is 1.68. The van der Waals surface area contributed by atoms with Crippen LogP contribution >= 0.6 is 35.0 Å². The van der Waals surface area contributed by atoms with E-state index in [1.807, 2.05) is 12.1 Å². The quantitative estimate of drug-likeness (QED) is 0.860. The van der Waals surface area contributed by atoms with Crippen LogP contribution in [0.1, 0.15) is 5.56 Å². The largest absolute Gasteiger partial charge is 0.197 e. The Kier molecular flexibility index (Phi) is 3.51. The summed E-state index contributed by atoms with van der Waals surface area (Å²) < 4.78 is 0. The number of aromatic nitrogens is 3. The Morgan fingerprint density at radius 2 is 2.13 bits per heavy atom. The van der Waals surface area contributed by atoms with Crippen LogP contribution in [-0.2, 0) is 5.75 Å². The monoisotopic (exact) mass is 259 g/mol. The summed E-state index contributed by atoms with van der Waals surface area (Å²) in [5.74, 6) is 0.795. The fourth-order valence-corrected chi connectivity index (χ4v) is 2.09. The molecule has 0 aliphatic heterocycles. The highest BCUT2D eigenvalue weighted by molar-refractivity contribution is 7.98. The normalized spacial score (nSPS) is 10.5. The minimum atomic E-state index is 0.576. The zero-order chi connectivity index (χ0) is 10.7. The van der Waals surface area contributed by atoms with Crippen molar-refractivity contribution < 1.29 is 0 Å². The van der Waals surface area contributed by atoms with E-state index in [4.69, 9.17) is 23.2 Å². The number of thioether (sulfide) groups is 1. The van der Waals surface area contributed by atoms with Crippen LogP contribution in [0.5, 0.6) is 0 Å². The second-order valence-corrected chi connectivity index (χ2v) is 4.66. The van der Waals surface area contributed by atoms with Crippen molar-refractivity contribution in [2.75, 3.05) is 0 Å². The van der Waals surface area contributed by atoms with Gasteiger partial charge in [-0.2, -0.15) is 10.3 Å². The minimum Gasteiger partial charge on any atom is -0.197 e. The minimum absolute atomic E-state index is 0.576. The molecule has 1 heterocycles. The molecule has 3 nitrogen and oxygen atoms in total. The SMILES string of the molecule is Clc1ccc(CSc2cn[nH]n2)cc1Cl. The predicted molar refractivity (Wildman–Crippen MR) is 62.4 cm³/mol. The van der Waals surface area contributed by atoms with Gasteiger partial charge in [-0.1, -0.05) is 41.0 Å². The lowest BCUT2D eigenvalue weighted by Gasteiger charge is -2.01. The molecule has 0 unspecified atom stereocenters. The van der Waals surface area contributed by atoms with Crippen molar-refractivity contribution in [1.29, 1.82) is 0 Å². The van der Waals surface area contributed by atoms with Crippen LogP contribution in [-0.4, -0.2) is 15.4 Å². The fourth-order valence-electron chi connectivity index (χ4n) is 1.05. The van der Waals surface area contributed by atoms with E-state index in [1.54, 1.807) is 24.0 Å². The first-order chi connectivity index (χ1) is 7.25. The van der Waals surface area contributed by atoms with E-state index < -0.39 is 0 Å². The third-order valence-electron chi connectivity index (χ3n) is 1.76. The Morgan fingerprint density at radius 1 is 1.27 bits per heavy atom. The number of hydrogen-bond donors (Lipinski definition) is 1. The van der Waals surface area contributed by atoms with Gasteiger partial charge in [0, 0.05) is 5.75 Å². The average Bonchev–Trinajstić information content (AvgIpc) is 2.73. The fraction of sp³-hybridized carbons (Fsp3) is 0.111. The number of nitrogens with one attached hydrogen (secondary N) is 1. The number of aromatic amines is 1. The lowest BCUT2D eigenvalue weighted by Crippen LogP contribution is -1.81. The zero-order valence-electron chi connectivity index (χ0n) is 7.58. The molecular formula is C9H7Cl2N3S. The van der Waals surface area contributed by atoms with Crippen LogP contribution < -0.4 is 0 Å². The summed E-state index contributed by atoms with van der Waals surface area (Å²) in [5.41, 5.74) is 1.11. The van der Waals surface area contributed by atoms with E-state index in [2.05, 4.69) is 15.4 Å². The van der Waals surface area contributed by atoms with Gasteiger partial charge in [-0.25, -0.2) is 0 Å². The van der Waals surface area contributed by atoms with E-state index in [1.165, 1.54) is 0 Å². The maximum absolute atomic E-state index is 5.90. The third-order valence-corrected chi connectivity index (χ3v) is 3.47. The Hall–Kier alpha value is -0.710. The maximum Gasteiger partial charge on any atom is 0.139 e. The van der Waals surface area contributed by atoms with Crippen LogP contribution in [0.3, 0.4) is 0 Å². The Bertz CT molecular complexity index is 445. The molecule has 0 spiro atoms. The number of H-pyrrole nitrogens is 1. The van der Waals surface area contributed by atoms with Gasteiger partial charge in [0.25, 0.3) is 0 Å². The molecule has 0 aliphatic carbocycles. The van der Waals surface area contributed by atoms with E-state index in [9.17, 15) is 0 Å². The molecule has 0 aliphatic rings. The molecule has 1 aromatic carbocycles. The summed E-state index contributed by atoms with van der Waals surface area (Å²) in [4.78, 5) is 0. The van der Waals surface area contributed by atoms with Gasteiger partial charge in [-0.05, 0) is 17.7 Å². The Morgan fingerprint density at radius 3 is 2.80 bits per heavy atom. The van der Waals surface area contributed by atoms with Crippen LogP contribution in [0.4, 0.5) is 0 Å². The number of hydrogen-bond acceptors (Lipinski definition) is 3. The highest BCUT2D eigenvalue weighted by atomic mass is 35.5. The number of nitrogens with zero attached hydrogens (tertiary/aromatic N) is 2. The molecule has 0 radical (unpaired) electrons. The predicted octanol–water partition coefficient (Wildman–Crippen LogP) is 3.40. The zero-order valence-corrected chi connectivity index (χ0v) is 9.90. The first-order valence-corrected chi connectivity index (χ1v) is 5.92. The molecule has 2 rings (SSSR count). The Balaban J connectivity index is 2.02. The van der Waals surface area contributed by atoms with Crippen molar-refractivity contribution >= 4 is 35.0 Å². The summed E-state index contributed by atoms with van der Waals surface area (Å²) in [7, 11) is 0. The molecule has 0 fully saturated rings. The standard InChI is InChI=1S/C9H7Cl2N3S/c10-7-2-1-6(3-8(7)11)5-15-9-4-12-14-13-9/h1-4H,5H2,(H,12,13,14). The molecule has 0 saturated heterocycles. The summed E-state index contributed by atoms with van der Waals surface area (Å²) >= 11 is 13.3. The van der Waals surface area contributed by atoms with Gasteiger partial charge in [0.2, 0.25) is 0 Å². The van der Waals surface area contributed by atoms with E-state index >= 15 is 0 Å². The first-order valence-electron chi connectivity index (χ1n) is 4.18. The van der Waals surface area contributed by atoms with E-state index in [0.717, 1.165) is 16.3 Å². The topological polar surface area (TPSA) is 41.6 Å². The molecule has 15 heavy (non-hydrogen) atoms. The molecular weight excluding hydrogens is 253 g/mol. The lowest BCUT2D eigenvalue weighted by molar-refractivity contribution is 0.911. The first kappa shape index (κ1) is 10.8. The van der Waals surface area contributed by atoms with Gasteiger partial charge in [0.15, 0.2) is 0 Å². The molecule has 2 aromatic rings. The van der Waals surface area contributed by atoms with Crippen molar-refractivity contribution in [1.82, 2.24) is 15.4 Å². The van der Waals surface area contributed by atoms with E-state index in [0.29, 0.717) is 10.0 Å².